The number of rotatable bonds is 6. The number of aromatic nitrogens is 2. The number of fused-ring (bicyclic) bond motifs is 1. The maximum Gasteiger partial charge on any atom is 0.161 e. The first-order valence-electron chi connectivity index (χ1n) is 9.27. The molecule has 4 nitrogen and oxygen atoms in total. The number of pyridine rings is 2. The van der Waals surface area contributed by atoms with Gasteiger partial charge in [0.1, 0.15) is 5.75 Å². The Morgan fingerprint density at radius 2 is 1.82 bits per heavy atom. The van der Waals surface area contributed by atoms with Gasteiger partial charge in [-0.25, -0.2) is 9.97 Å². The van der Waals surface area contributed by atoms with E-state index in [4.69, 9.17) is 4.74 Å². The van der Waals surface area contributed by atoms with E-state index >= 15 is 0 Å². The zero-order chi connectivity index (χ0) is 19.3. The SMILES string of the molecule is CCCc1ccc2c(Nc3cc(Br)ccc3Oc3ccccc3)ccnc2n1. The summed E-state index contributed by atoms with van der Waals surface area (Å²) in [5, 5.41) is 4.47. The van der Waals surface area contributed by atoms with E-state index in [1.54, 1.807) is 6.20 Å². The number of halogens is 1. The van der Waals surface area contributed by atoms with E-state index in [0.29, 0.717) is 0 Å². The fraction of sp³-hybridized carbons (Fsp3) is 0.130. The molecule has 2 aromatic carbocycles. The zero-order valence-corrected chi connectivity index (χ0v) is 17.1. The van der Waals surface area contributed by atoms with Crippen LogP contribution in [0.15, 0.2) is 77.4 Å². The predicted octanol–water partition coefficient (Wildman–Crippen LogP) is 6.88. The van der Waals surface area contributed by atoms with Crippen LogP contribution < -0.4 is 10.1 Å². The average Bonchev–Trinajstić information content (AvgIpc) is 2.71. The van der Waals surface area contributed by atoms with Crippen LogP contribution in [0.2, 0.25) is 0 Å². The standard InChI is InChI=1S/C23H20BrN3O/c1-2-6-17-10-11-19-20(13-14-25-23(19)26-17)27-21-15-16(24)9-12-22(21)28-18-7-4-3-5-8-18/h3-5,7-15H,2,6H2,1H3,(H,25,26,27). The van der Waals surface area contributed by atoms with Gasteiger partial charge in [0.25, 0.3) is 0 Å². The van der Waals surface area contributed by atoms with E-state index in [1.807, 2.05) is 54.6 Å². The van der Waals surface area contributed by atoms with Crippen molar-refractivity contribution in [3.63, 3.8) is 0 Å². The first-order chi connectivity index (χ1) is 13.7. The lowest BCUT2D eigenvalue weighted by molar-refractivity contribution is 0.485. The lowest BCUT2D eigenvalue weighted by Gasteiger charge is -2.15. The molecule has 2 aromatic heterocycles. The molecule has 0 atom stereocenters. The number of hydrogen-bond acceptors (Lipinski definition) is 4. The molecule has 0 saturated heterocycles. The van der Waals surface area contributed by atoms with E-state index in [9.17, 15) is 0 Å². The molecule has 0 spiro atoms. The van der Waals surface area contributed by atoms with E-state index in [0.717, 1.165) is 56.9 Å². The summed E-state index contributed by atoms with van der Waals surface area (Å²) in [6.07, 6.45) is 3.80. The largest absolute Gasteiger partial charge is 0.455 e. The summed E-state index contributed by atoms with van der Waals surface area (Å²) in [6.45, 7) is 2.15. The molecule has 4 aromatic rings. The molecular weight excluding hydrogens is 414 g/mol. The molecule has 0 saturated carbocycles. The maximum atomic E-state index is 6.09. The number of ether oxygens (including phenoxy) is 1. The van der Waals surface area contributed by atoms with Crippen molar-refractivity contribution in [2.45, 2.75) is 19.8 Å². The molecule has 0 fully saturated rings. The highest BCUT2D eigenvalue weighted by Gasteiger charge is 2.10. The Morgan fingerprint density at radius 3 is 2.64 bits per heavy atom. The molecule has 2 heterocycles. The summed E-state index contributed by atoms with van der Waals surface area (Å²) in [4.78, 5) is 9.13. The van der Waals surface area contributed by atoms with Crippen molar-refractivity contribution in [3.05, 3.63) is 83.1 Å². The Bertz CT molecular complexity index is 1100. The van der Waals surface area contributed by atoms with Crippen LogP contribution >= 0.6 is 15.9 Å². The molecule has 1 N–H and O–H groups in total. The van der Waals surface area contributed by atoms with Gasteiger partial charge >= 0.3 is 0 Å². The van der Waals surface area contributed by atoms with Crippen molar-refractivity contribution in [2.24, 2.45) is 0 Å². The van der Waals surface area contributed by atoms with Crippen molar-refractivity contribution < 1.29 is 4.74 Å². The third-order valence-electron chi connectivity index (χ3n) is 4.35. The van der Waals surface area contributed by atoms with Crippen molar-refractivity contribution >= 4 is 38.3 Å². The minimum atomic E-state index is 0.745. The molecule has 140 valence electrons. The van der Waals surface area contributed by atoms with E-state index < -0.39 is 0 Å². The second-order valence-electron chi connectivity index (χ2n) is 6.46. The average molecular weight is 434 g/mol. The summed E-state index contributed by atoms with van der Waals surface area (Å²) in [7, 11) is 0. The zero-order valence-electron chi connectivity index (χ0n) is 15.5. The van der Waals surface area contributed by atoms with Gasteiger partial charge in [0, 0.05) is 21.7 Å². The number of anilines is 2. The number of nitrogens with one attached hydrogen (secondary N) is 1. The molecular formula is C23H20BrN3O. The molecule has 0 radical (unpaired) electrons. The quantitative estimate of drug-likeness (QED) is 0.359. The monoisotopic (exact) mass is 433 g/mol. The van der Waals surface area contributed by atoms with Crippen LogP contribution in [0.1, 0.15) is 19.0 Å². The van der Waals surface area contributed by atoms with Crippen LogP contribution in [0, 0.1) is 0 Å². The highest BCUT2D eigenvalue weighted by atomic mass is 79.9. The molecule has 0 aliphatic rings. The Kier molecular flexibility index (Phi) is 5.53. The molecule has 28 heavy (non-hydrogen) atoms. The maximum absolute atomic E-state index is 6.09. The van der Waals surface area contributed by atoms with Crippen LogP contribution in [-0.4, -0.2) is 9.97 Å². The second-order valence-corrected chi connectivity index (χ2v) is 7.38. The normalized spacial score (nSPS) is 10.8. The second kappa shape index (κ2) is 8.40. The van der Waals surface area contributed by atoms with Gasteiger partial charge in [-0.2, -0.15) is 0 Å². The Morgan fingerprint density at radius 1 is 0.964 bits per heavy atom. The minimum Gasteiger partial charge on any atom is -0.455 e. The smallest absolute Gasteiger partial charge is 0.161 e. The van der Waals surface area contributed by atoms with Gasteiger partial charge in [-0.05, 0) is 55.0 Å². The fourth-order valence-electron chi connectivity index (χ4n) is 3.02. The van der Waals surface area contributed by atoms with Crippen LogP contribution in [0.25, 0.3) is 11.0 Å². The highest BCUT2D eigenvalue weighted by molar-refractivity contribution is 9.10. The molecule has 4 rings (SSSR count). The molecule has 0 bridgehead atoms. The molecule has 0 amide bonds. The first-order valence-corrected chi connectivity index (χ1v) is 10.1. The van der Waals surface area contributed by atoms with E-state index in [-0.39, 0.29) is 0 Å². The van der Waals surface area contributed by atoms with E-state index in [2.05, 4.69) is 50.3 Å². The third kappa shape index (κ3) is 4.15. The van der Waals surface area contributed by atoms with Gasteiger partial charge in [-0.15, -0.1) is 0 Å². The van der Waals surface area contributed by atoms with Crippen molar-refractivity contribution in [1.82, 2.24) is 9.97 Å². The van der Waals surface area contributed by atoms with Gasteiger partial charge in [-0.3, -0.25) is 0 Å². The summed E-state index contributed by atoms with van der Waals surface area (Å²) >= 11 is 3.55. The molecule has 0 aliphatic heterocycles. The van der Waals surface area contributed by atoms with Crippen molar-refractivity contribution in [2.75, 3.05) is 5.32 Å². The van der Waals surface area contributed by atoms with Crippen LogP contribution in [0.5, 0.6) is 11.5 Å². The van der Waals surface area contributed by atoms with Crippen LogP contribution in [-0.2, 0) is 6.42 Å². The lowest BCUT2D eigenvalue weighted by Crippen LogP contribution is -1.98. The Labute approximate surface area is 172 Å². The molecule has 0 aliphatic carbocycles. The van der Waals surface area contributed by atoms with E-state index in [1.165, 1.54) is 0 Å². The van der Waals surface area contributed by atoms with Gasteiger partial charge in [0.05, 0.1) is 11.4 Å². The summed E-state index contributed by atoms with van der Waals surface area (Å²) in [5.74, 6) is 1.54. The number of benzene rings is 2. The number of nitrogens with zero attached hydrogens (tertiary/aromatic N) is 2. The third-order valence-corrected chi connectivity index (χ3v) is 4.84. The van der Waals surface area contributed by atoms with Gasteiger partial charge in [0.2, 0.25) is 0 Å². The predicted molar refractivity (Wildman–Crippen MR) is 117 cm³/mol. The fourth-order valence-corrected chi connectivity index (χ4v) is 3.38. The first kappa shape index (κ1) is 18.4. The number of para-hydroxylation sites is 1. The van der Waals surface area contributed by atoms with Crippen molar-refractivity contribution in [3.8, 4) is 11.5 Å². The minimum absolute atomic E-state index is 0.745. The van der Waals surface area contributed by atoms with Gasteiger partial charge in [-0.1, -0.05) is 47.5 Å². The van der Waals surface area contributed by atoms with Gasteiger partial charge < -0.3 is 10.1 Å². The highest BCUT2D eigenvalue weighted by Crippen LogP contribution is 2.35. The Hall–Kier alpha value is -2.92. The summed E-state index contributed by atoms with van der Waals surface area (Å²) in [6, 6.07) is 21.8. The van der Waals surface area contributed by atoms with Crippen LogP contribution in [0.4, 0.5) is 11.4 Å². The van der Waals surface area contributed by atoms with Crippen molar-refractivity contribution in [1.29, 1.82) is 0 Å². The summed E-state index contributed by atoms with van der Waals surface area (Å²) < 4.78 is 7.05. The summed E-state index contributed by atoms with van der Waals surface area (Å²) in [5.41, 5.74) is 3.62. The van der Waals surface area contributed by atoms with Crippen LogP contribution in [0.3, 0.4) is 0 Å². The lowest BCUT2D eigenvalue weighted by atomic mass is 10.1. The molecule has 0 unspecified atom stereocenters. The Balaban J connectivity index is 1.70. The topological polar surface area (TPSA) is 47.0 Å². The molecule has 5 heteroatoms. The van der Waals surface area contributed by atoms with Gasteiger partial charge in [0.15, 0.2) is 11.4 Å². The number of aryl methyl sites for hydroxylation is 1. The number of hydrogen-bond donors (Lipinski definition) is 1.